The van der Waals surface area contributed by atoms with Gasteiger partial charge in [0.1, 0.15) is 0 Å². The fraction of sp³-hybridized carbons (Fsp3) is 0.238. The maximum atomic E-state index is 12.9. The van der Waals surface area contributed by atoms with Crippen LogP contribution in [-0.2, 0) is 22.8 Å². The molecule has 7 heteroatoms. The van der Waals surface area contributed by atoms with Crippen LogP contribution in [0.5, 0.6) is 0 Å². The summed E-state index contributed by atoms with van der Waals surface area (Å²) in [5.41, 5.74) is 4.51. The highest BCUT2D eigenvalue weighted by atomic mass is 32.2. The molecule has 28 heavy (non-hydrogen) atoms. The Morgan fingerprint density at radius 2 is 2.04 bits per heavy atom. The van der Waals surface area contributed by atoms with Crippen molar-refractivity contribution < 1.29 is 8.42 Å². The fourth-order valence-corrected chi connectivity index (χ4v) is 5.92. The van der Waals surface area contributed by atoms with E-state index < -0.39 is 9.84 Å². The molecule has 1 aromatic heterocycles. The van der Waals surface area contributed by atoms with Crippen LogP contribution in [0.3, 0.4) is 0 Å². The zero-order valence-corrected chi connectivity index (χ0v) is 16.8. The number of aromatic nitrogens is 1. The summed E-state index contributed by atoms with van der Waals surface area (Å²) in [5, 5.41) is 0. The Morgan fingerprint density at radius 1 is 1.21 bits per heavy atom. The lowest BCUT2D eigenvalue weighted by Crippen LogP contribution is -2.37. The van der Waals surface area contributed by atoms with Crippen LogP contribution in [0.4, 0.5) is 11.4 Å². The van der Waals surface area contributed by atoms with Crippen LogP contribution in [0.1, 0.15) is 10.4 Å². The Morgan fingerprint density at radius 3 is 2.75 bits per heavy atom. The molecule has 1 aliphatic heterocycles. The van der Waals surface area contributed by atoms with Crippen LogP contribution in [-0.4, -0.2) is 25.7 Å². The second kappa shape index (κ2) is 7.74. The molecule has 4 rings (SSSR count). The van der Waals surface area contributed by atoms with Crippen LogP contribution in [0, 0.1) is 12.5 Å². The van der Waals surface area contributed by atoms with Crippen LogP contribution < -0.4 is 4.90 Å². The molecule has 0 radical (unpaired) electrons. The van der Waals surface area contributed by atoms with Crippen molar-refractivity contribution in [3.63, 3.8) is 0 Å². The lowest BCUT2D eigenvalue weighted by atomic mass is 9.93. The van der Waals surface area contributed by atoms with Gasteiger partial charge in [-0.2, -0.15) is 0 Å². The van der Waals surface area contributed by atoms with Crippen LogP contribution in [0.2, 0.25) is 0 Å². The molecule has 3 aromatic rings. The molecule has 0 N–H and O–H groups in total. The van der Waals surface area contributed by atoms with Gasteiger partial charge in [0.2, 0.25) is 0 Å². The first-order valence-electron chi connectivity index (χ1n) is 8.95. The zero-order chi connectivity index (χ0) is 19.6. The Kier molecular flexibility index (Phi) is 5.16. The van der Waals surface area contributed by atoms with Crippen molar-refractivity contribution in [1.29, 1.82) is 0 Å². The van der Waals surface area contributed by atoms with Crippen LogP contribution in [0.15, 0.2) is 65.1 Å². The molecule has 0 aliphatic carbocycles. The number of nitrogens with zero attached hydrogens (tertiary/aromatic N) is 3. The first-order chi connectivity index (χ1) is 13.5. The van der Waals surface area contributed by atoms with E-state index in [4.69, 9.17) is 6.57 Å². The summed E-state index contributed by atoms with van der Waals surface area (Å²) >= 11 is 1.59. The number of hydrogen-bond acceptors (Lipinski definition) is 5. The lowest BCUT2D eigenvalue weighted by Gasteiger charge is -2.36. The van der Waals surface area contributed by atoms with Crippen LogP contribution in [0.25, 0.3) is 4.85 Å². The molecule has 0 spiro atoms. The largest absolute Gasteiger partial charge is 0.366 e. The molecule has 1 atom stereocenters. The molecule has 2 heterocycles. The molecular weight excluding hydrogens is 390 g/mol. The SMILES string of the molecule is [C-]#[N+]c1ccc2c(c1)C[C@H](CS(=O)(=O)c1ccccc1)CN2Cc1cncs1. The van der Waals surface area contributed by atoms with Crippen molar-refractivity contribution >= 4 is 32.5 Å². The molecule has 5 nitrogen and oxygen atoms in total. The molecule has 0 amide bonds. The van der Waals surface area contributed by atoms with E-state index in [1.165, 1.54) is 0 Å². The maximum Gasteiger partial charge on any atom is 0.187 e. The van der Waals surface area contributed by atoms with Crippen molar-refractivity contribution in [3.8, 4) is 0 Å². The number of hydrogen-bond donors (Lipinski definition) is 0. The van der Waals surface area contributed by atoms with Gasteiger partial charge in [-0.3, -0.25) is 4.98 Å². The zero-order valence-electron chi connectivity index (χ0n) is 15.2. The smallest absolute Gasteiger partial charge is 0.187 e. The van der Waals surface area contributed by atoms with Crippen molar-refractivity contribution in [2.75, 3.05) is 17.2 Å². The minimum absolute atomic E-state index is 0.0355. The second-order valence-corrected chi connectivity index (χ2v) is 9.94. The number of rotatable bonds is 5. The van der Waals surface area contributed by atoms with Gasteiger partial charge in [-0.1, -0.05) is 30.3 Å². The van der Waals surface area contributed by atoms with Crippen molar-refractivity contribution in [2.24, 2.45) is 5.92 Å². The molecule has 0 saturated heterocycles. The normalized spacial score (nSPS) is 16.4. The monoisotopic (exact) mass is 409 g/mol. The second-order valence-electron chi connectivity index (χ2n) is 6.94. The summed E-state index contributed by atoms with van der Waals surface area (Å²) in [5.74, 6) is 0.0596. The number of fused-ring (bicyclic) bond motifs is 1. The van der Waals surface area contributed by atoms with E-state index in [9.17, 15) is 8.42 Å². The highest BCUT2D eigenvalue weighted by Crippen LogP contribution is 2.35. The van der Waals surface area contributed by atoms with E-state index in [2.05, 4.69) is 14.7 Å². The predicted molar refractivity (Wildman–Crippen MR) is 112 cm³/mol. The summed E-state index contributed by atoms with van der Waals surface area (Å²) in [6.45, 7) is 8.64. The summed E-state index contributed by atoms with van der Waals surface area (Å²) in [7, 11) is -3.36. The van der Waals surface area contributed by atoms with Gasteiger partial charge in [0.05, 0.1) is 29.3 Å². The third-order valence-electron chi connectivity index (χ3n) is 4.91. The quantitative estimate of drug-likeness (QED) is 0.588. The highest BCUT2D eigenvalue weighted by Gasteiger charge is 2.29. The van der Waals surface area contributed by atoms with Gasteiger partial charge in [-0.25, -0.2) is 13.3 Å². The molecule has 0 unspecified atom stereocenters. The van der Waals surface area contributed by atoms with Crippen LogP contribution >= 0.6 is 11.3 Å². The molecule has 0 fully saturated rings. The first kappa shape index (κ1) is 18.7. The molecule has 1 aliphatic rings. The number of benzene rings is 2. The van der Waals surface area contributed by atoms with Gasteiger partial charge in [-0.05, 0) is 36.1 Å². The Balaban J connectivity index is 1.63. The van der Waals surface area contributed by atoms with E-state index in [0.29, 0.717) is 30.1 Å². The third-order valence-corrected chi connectivity index (χ3v) is 7.57. The summed E-state index contributed by atoms with van der Waals surface area (Å²) in [6.07, 6.45) is 2.51. The van der Waals surface area contributed by atoms with Crippen molar-refractivity contribution in [2.45, 2.75) is 17.9 Å². The summed E-state index contributed by atoms with van der Waals surface area (Å²) in [6, 6.07) is 14.3. The number of sulfone groups is 1. The third kappa shape index (κ3) is 3.93. The molecule has 142 valence electrons. The maximum absolute atomic E-state index is 12.9. The van der Waals surface area contributed by atoms with E-state index in [1.807, 2.05) is 30.5 Å². The lowest BCUT2D eigenvalue weighted by molar-refractivity contribution is 0.517. The van der Waals surface area contributed by atoms with Gasteiger partial charge >= 0.3 is 0 Å². The standard InChI is InChI=1S/C21H19N3O2S2/c1-22-18-7-8-21-17(10-18)9-16(12-24(21)13-19-11-23-15-27-19)14-28(25,26)20-5-3-2-4-6-20/h2-8,10-11,15-16H,9,12-14H2/t16-/m0/s1. The molecule has 2 aromatic carbocycles. The van der Waals surface area contributed by atoms with Gasteiger partial charge in [-0.15, -0.1) is 11.3 Å². The summed E-state index contributed by atoms with van der Waals surface area (Å²) in [4.78, 5) is 11.4. The van der Waals surface area contributed by atoms with Crippen molar-refractivity contribution in [1.82, 2.24) is 4.98 Å². The minimum atomic E-state index is -3.36. The summed E-state index contributed by atoms with van der Waals surface area (Å²) < 4.78 is 25.8. The molecule has 0 bridgehead atoms. The van der Waals surface area contributed by atoms with Crippen molar-refractivity contribution in [3.05, 3.63) is 82.1 Å². The highest BCUT2D eigenvalue weighted by molar-refractivity contribution is 7.91. The number of anilines is 1. The van der Waals surface area contributed by atoms with Gasteiger partial charge in [0, 0.05) is 23.3 Å². The average molecular weight is 410 g/mol. The van der Waals surface area contributed by atoms with Gasteiger partial charge in [0.25, 0.3) is 0 Å². The predicted octanol–water partition coefficient (Wildman–Crippen LogP) is 4.35. The minimum Gasteiger partial charge on any atom is -0.366 e. The first-order valence-corrected chi connectivity index (χ1v) is 11.5. The Hall–Kier alpha value is -2.69. The molecule has 0 saturated carbocycles. The average Bonchev–Trinajstić information content (AvgIpc) is 3.21. The number of thiazole rings is 1. The van der Waals surface area contributed by atoms with E-state index in [0.717, 1.165) is 16.1 Å². The van der Waals surface area contributed by atoms with E-state index in [-0.39, 0.29) is 11.7 Å². The van der Waals surface area contributed by atoms with E-state index >= 15 is 0 Å². The Bertz CT molecular complexity index is 1100. The Labute approximate surface area is 169 Å². The van der Waals surface area contributed by atoms with Gasteiger partial charge < -0.3 is 4.90 Å². The molecular formula is C21H19N3O2S2. The van der Waals surface area contributed by atoms with Gasteiger partial charge in [0.15, 0.2) is 15.5 Å². The van der Waals surface area contributed by atoms with E-state index in [1.54, 1.807) is 41.1 Å². The fourth-order valence-electron chi connectivity index (χ4n) is 3.70. The topological polar surface area (TPSA) is 54.6 Å².